The van der Waals surface area contributed by atoms with Crippen molar-refractivity contribution in [2.75, 3.05) is 10.6 Å². The lowest BCUT2D eigenvalue weighted by Gasteiger charge is -2.21. The van der Waals surface area contributed by atoms with Gasteiger partial charge >= 0.3 is 0 Å². The monoisotopic (exact) mass is 520 g/mol. The summed E-state index contributed by atoms with van der Waals surface area (Å²) in [7, 11) is 0. The molecule has 7 heteroatoms. The molecule has 0 aromatic heterocycles. The molecule has 4 aromatic rings. The topological polar surface area (TPSA) is 92.3 Å². The Labute approximate surface area is 224 Å². The summed E-state index contributed by atoms with van der Waals surface area (Å²) in [6.45, 7) is 1.76. The molecule has 38 heavy (non-hydrogen) atoms. The number of rotatable bonds is 7. The zero-order valence-corrected chi connectivity index (χ0v) is 21.4. The highest BCUT2D eigenvalue weighted by Gasteiger charge is 2.32. The smallest absolute Gasteiger partial charge is 0.237 e. The van der Waals surface area contributed by atoms with Crippen molar-refractivity contribution in [1.82, 2.24) is 0 Å². The van der Waals surface area contributed by atoms with Crippen molar-refractivity contribution >= 4 is 46.5 Å². The third-order valence-electron chi connectivity index (χ3n) is 6.22. The second kappa shape index (κ2) is 10.9. The van der Waals surface area contributed by atoms with Crippen LogP contribution in [0.25, 0.3) is 0 Å². The molecule has 2 amide bonds. The van der Waals surface area contributed by atoms with Gasteiger partial charge in [-0.3, -0.25) is 19.2 Å². The molecule has 4 aromatic carbocycles. The molecule has 0 spiro atoms. The minimum absolute atomic E-state index is 0.126. The number of hydrogen-bond acceptors (Lipinski definition) is 5. The fourth-order valence-corrected chi connectivity index (χ4v) is 5.30. The van der Waals surface area contributed by atoms with E-state index in [9.17, 15) is 19.2 Å². The first kappa shape index (κ1) is 25.2. The molecule has 0 radical (unpaired) electrons. The standard InChI is InChI=1S/C31H24N2O4S/c1-19(38-22-12-7-11-21(18-22)32-27(34)17-20-9-3-2-4-10-20)31(37)33-26-16-8-15-25-28(26)30(36)24-14-6-5-13-23(24)29(25)35/h2-16,18-19H,17H2,1H3,(H,32,34)(H,33,37). The number of thioether (sulfide) groups is 1. The zero-order valence-electron chi connectivity index (χ0n) is 20.6. The Morgan fingerprint density at radius 2 is 1.39 bits per heavy atom. The fourth-order valence-electron chi connectivity index (χ4n) is 4.37. The van der Waals surface area contributed by atoms with Crippen LogP contribution in [-0.4, -0.2) is 28.6 Å². The van der Waals surface area contributed by atoms with E-state index >= 15 is 0 Å². The van der Waals surface area contributed by atoms with E-state index in [1.165, 1.54) is 11.8 Å². The second-order valence-corrected chi connectivity index (χ2v) is 10.3. The molecule has 5 rings (SSSR count). The van der Waals surface area contributed by atoms with E-state index in [4.69, 9.17) is 0 Å². The summed E-state index contributed by atoms with van der Waals surface area (Å²) in [4.78, 5) is 52.5. The molecular formula is C31H24N2O4S. The number of nitrogens with one attached hydrogen (secondary N) is 2. The lowest BCUT2D eigenvalue weighted by molar-refractivity contribution is -0.116. The Kier molecular flexibility index (Phi) is 7.20. The van der Waals surface area contributed by atoms with Crippen molar-refractivity contribution in [2.45, 2.75) is 23.5 Å². The number of carbonyl (C=O) groups is 4. The van der Waals surface area contributed by atoms with Crippen molar-refractivity contribution in [3.05, 3.63) is 125 Å². The van der Waals surface area contributed by atoms with Crippen molar-refractivity contribution < 1.29 is 19.2 Å². The number of carbonyl (C=O) groups excluding carboxylic acids is 4. The van der Waals surface area contributed by atoms with Crippen molar-refractivity contribution in [2.24, 2.45) is 0 Å². The summed E-state index contributed by atoms with van der Waals surface area (Å²) < 4.78 is 0. The highest BCUT2D eigenvalue weighted by molar-refractivity contribution is 8.00. The van der Waals surface area contributed by atoms with Crippen molar-refractivity contribution in [3.63, 3.8) is 0 Å². The van der Waals surface area contributed by atoms with Crippen LogP contribution in [0.3, 0.4) is 0 Å². The van der Waals surface area contributed by atoms with Gasteiger partial charge < -0.3 is 10.6 Å². The molecular weight excluding hydrogens is 496 g/mol. The summed E-state index contributed by atoms with van der Waals surface area (Å²) in [5, 5.41) is 5.23. The number of hydrogen-bond donors (Lipinski definition) is 2. The molecule has 0 saturated carbocycles. The normalized spacial score (nSPS) is 12.8. The highest BCUT2D eigenvalue weighted by atomic mass is 32.2. The molecule has 0 fully saturated rings. The molecule has 0 bridgehead atoms. The Balaban J connectivity index is 1.27. The van der Waals surface area contributed by atoms with E-state index in [0.717, 1.165) is 10.5 Å². The van der Waals surface area contributed by atoms with Gasteiger partial charge in [0.15, 0.2) is 11.6 Å². The molecule has 0 aliphatic heterocycles. The quantitative estimate of drug-likeness (QED) is 0.266. The highest BCUT2D eigenvalue weighted by Crippen LogP contribution is 2.33. The van der Waals surface area contributed by atoms with Gasteiger partial charge in [-0.05, 0) is 36.8 Å². The van der Waals surface area contributed by atoms with Gasteiger partial charge in [0.1, 0.15) is 0 Å². The van der Waals surface area contributed by atoms with Gasteiger partial charge in [-0.2, -0.15) is 0 Å². The first-order valence-corrected chi connectivity index (χ1v) is 13.0. The molecule has 6 nitrogen and oxygen atoms in total. The first-order valence-electron chi connectivity index (χ1n) is 12.1. The average Bonchev–Trinajstić information content (AvgIpc) is 2.92. The van der Waals surface area contributed by atoms with Crippen LogP contribution in [0.1, 0.15) is 44.3 Å². The van der Waals surface area contributed by atoms with Crippen LogP contribution in [-0.2, 0) is 16.0 Å². The Morgan fingerprint density at radius 1 is 0.737 bits per heavy atom. The zero-order chi connectivity index (χ0) is 26.6. The minimum atomic E-state index is -0.511. The summed E-state index contributed by atoms with van der Waals surface area (Å²) >= 11 is 1.33. The van der Waals surface area contributed by atoms with E-state index in [1.54, 1.807) is 55.5 Å². The summed E-state index contributed by atoms with van der Waals surface area (Å²) in [5.74, 6) is -0.954. The molecule has 188 valence electrons. The lowest BCUT2D eigenvalue weighted by atomic mass is 9.83. The number of anilines is 2. The maximum Gasteiger partial charge on any atom is 0.237 e. The van der Waals surface area contributed by atoms with E-state index in [0.29, 0.717) is 22.5 Å². The minimum Gasteiger partial charge on any atom is -0.326 e. The van der Waals surface area contributed by atoms with Gasteiger partial charge in [-0.15, -0.1) is 11.8 Å². The second-order valence-electron chi connectivity index (χ2n) is 8.92. The van der Waals surface area contributed by atoms with Gasteiger partial charge in [0.05, 0.1) is 22.9 Å². The van der Waals surface area contributed by atoms with Gasteiger partial charge in [-0.25, -0.2) is 0 Å². The van der Waals surface area contributed by atoms with E-state index in [2.05, 4.69) is 10.6 Å². The van der Waals surface area contributed by atoms with E-state index < -0.39 is 5.25 Å². The summed E-state index contributed by atoms with van der Waals surface area (Å²) in [6, 6.07) is 28.4. The maximum atomic E-state index is 13.2. The first-order chi connectivity index (χ1) is 18.4. The van der Waals surface area contributed by atoms with Gasteiger partial charge in [0, 0.05) is 27.3 Å². The molecule has 1 atom stereocenters. The number of benzene rings is 4. The Morgan fingerprint density at radius 3 is 2.16 bits per heavy atom. The summed E-state index contributed by atoms with van der Waals surface area (Å²) in [6.07, 6.45) is 0.268. The summed E-state index contributed by atoms with van der Waals surface area (Å²) in [5.41, 5.74) is 3.08. The van der Waals surface area contributed by atoms with E-state index in [1.807, 2.05) is 48.5 Å². The van der Waals surface area contributed by atoms with Crippen LogP contribution < -0.4 is 10.6 Å². The Hall–Kier alpha value is -4.49. The molecule has 1 aliphatic carbocycles. The molecule has 1 unspecified atom stereocenters. The van der Waals surface area contributed by atoms with Crippen LogP contribution in [0.4, 0.5) is 11.4 Å². The van der Waals surface area contributed by atoms with Gasteiger partial charge in [0.2, 0.25) is 11.8 Å². The third-order valence-corrected chi connectivity index (χ3v) is 7.31. The molecule has 2 N–H and O–H groups in total. The van der Waals surface area contributed by atoms with Crippen molar-refractivity contribution in [1.29, 1.82) is 0 Å². The third kappa shape index (κ3) is 5.28. The van der Waals surface area contributed by atoms with Crippen LogP contribution in [0.15, 0.2) is 102 Å². The van der Waals surface area contributed by atoms with Gasteiger partial charge in [0.25, 0.3) is 0 Å². The molecule has 1 aliphatic rings. The maximum absolute atomic E-state index is 13.2. The van der Waals surface area contributed by atoms with E-state index in [-0.39, 0.29) is 40.9 Å². The Bertz CT molecular complexity index is 1570. The van der Waals surface area contributed by atoms with Crippen LogP contribution in [0, 0.1) is 0 Å². The van der Waals surface area contributed by atoms with Crippen LogP contribution >= 0.6 is 11.8 Å². The van der Waals surface area contributed by atoms with Crippen molar-refractivity contribution in [3.8, 4) is 0 Å². The number of ketones is 2. The number of amides is 2. The predicted octanol–water partition coefficient (Wildman–Crippen LogP) is 5.76. The van der Waals surface area contributed by atoms with Crippen LogP contribution in [0.2, 0.25) is 0 Å². The SMILES string of the molecule is CC(Sc1cccc(NC(=O)Cc2ccccc2)c1)C(=O)Nc1cccc2c1C(=O)c1ccccc1C2=O. The van der Waals surface area contributed by atoms with Crippen LogP contribution in [0.5, 0.6) is 0 Å². The average molecular weight is 521 g/mol. The molecule has 0 saturated heterocycles. The number of fused-ring (bicyclic) bond motifs is 2. The fraction of sp³-hybridized carbons (Fsp3) is 0.0968. The predicted molar refractivity (Wildman–Crippen MR) is 149 cm³/mol. The molecule has 0 heterocycles. The lowest BCUT2D eigenvalue weighted by Crippen LogP contribution is -2.27. The van der Waals surface area contributed by atoms with Gasteiger partial charge in [-0.1, -0.05) is 72.8 Å². The largest absolute Gasteiger partial charge is 0.326 e.